The highest BCUT2D eigenvalue weighted by Crippen LogP contribution is 2.38. The van der Waals surface area contributed by atoms with E-state index in [1.807, 2.05) is 34.6 Å². The van der Waals surface area contributed by atoms with Crippen molar-refractivity contribution in [1.29, 1.82) is 0 Å². The molecule has 7 heteroatoms. The van der Waals surface area contributed by atoms with Crippen LogP contribution in [0.5, 0.6) is 0 Å². The van der Waals surface area contributed by atoms with Crippen LogP contribution < -0.4 is 15.5 Å². The van der Waals surface area contributed by atoms with Crippen LogP contribution in [0.4, 0.5) is 0 Å². The lowest BCUT2D eigenvalue weighted by molar-refractivity contribution is 0.363. The lowest BCUT2D eigenvalue weighted by Crippen LogP contribution is -2.41. The van der Waals surface area contributed by atoms with Gasteiger partial charge in [0.2, 0.25) is 6.57 Å². The smallest absolute Gasteiger partial charge is 0.225 e. The van der Waals surface area contributed by atoms with Crippen molar-refractivity contribution in [3.05, 3.63) is 0 Å². The molecule has 0 aliphatic heterocycles. The van der Waals surface area contributed by atoms with Crippen LogP contribution in [-0.4, -0.2) is 23.8 Å². The summed E-state index contributed by atoms with van der Waals surface area (Å²) >= 11 is 10.6. The van der Waals surface area contributed by atoms with Crippen molar-refractivity contribution in [2.75, 3.05) is 6.61 Å². The van der Waals surface area contributed by atoms with Gasteiger partial charge >= 0.3 is 0 Å². The topological polar surface area (TPSA) is 45.3 Å². The average Bonchev–Trinajstić information content (AvgIpc) is 1.98. The predicted molar refractivity (Wildman–Crippen MR) is 78.2 cm³/mol. The Morgan fingerprint density at radius 1 is 1.25 bits per heavy atom. The monoisotopic (exact) mass is 283 g/mol. The van der Waals surface area contributed by atoms with Crippen LogP contribution in [-0.2, 0) is 16.3 Å². The number of hydrogen-bond donors (Lipinski definition) is 3. The maximum absolute atomic E-state index is 5.57. The second kappa shape index (κ2) is 7.56. The van der Waals surface area contributed by atoms with Crippen molar-refractivity contribution in [3.8, 4) is 0 Å². The minimum Gasteiger partial charge on any atom is -0.360 e. The first-order valence-corrected chi connectivity index (χ1v) is 8.53. The molecule has 0 aliphatic carbocycles. The molecule has 0 radical (unpaired) electrons. The first-order valence-electron chi connectivity index (χ1n) is 5.40. The van der Waals surface area contributed by atoms with Gasteiger partial charge in [0.15, 0.2) is 5.11 Å². The normalized spacial score (nSPS) is 14.9. The molecule has 0 aliphatic rings. The van der Waals surface area contributed by atoms with Gasteiger partial charge in [-0.2, -0.15) is 0 Å². The molecule has 0 aromatic heterocycles. The van der Waals surface area contributed by atoms with Gasteiger partial charge in [-0.25, -0.2) is 5.09 Å². The third kappa shape index (κ3) is 7.52. The molecule has 0 fully saturated rings. The summed E-state index contributed by atoms with van der Waals surface area (Å²) in [5.74, 6) is 0. The Morgan fingerprint density at radius 3 is 2.19 bits per heavy atom. The number of rotatable bonds is 6. The molecule has 3 N–H and O–H groups in total. The summed E-state index contributed by atoms with van der Waals surface area (Å²) in [5, 5.41) is 9.93. The second-order valence-electron chi connectivity index (χ2n) is 3.99. The van der Waals surface area contributed by atoms with Crippen LogP contribution in [0.25, 0.3) is 0 Å². The van der Waals surface area contributed by atoms with Gasteiger partial charge in [-0.15, -0.1) is 0 Å². The highest BCUT2D eigenvalue weighted by atomic mass is 32.4. The molecule has 0 rings (SSSR count). The van der Waals surface area contributed by atoms with Crippen LogP contribution in [0, 0.1) is 0 Å². The van der Waals surface area contributed by atoms with E-state index in [4.69, 9.17) is 28.5 Å². The van der Waals surface area contributed by atoms with E-state index in [9.17, 15) is 0 Å². The fourth-order valence-electron chi connectivity index (χ4n) is 1.05. The van der Waals surface area contributed by atoms with Crippen LogP contribution in [0.2, 0.25) is 0 Å². The van der Waals surface area contributed by atoms with Crippen molar-refractivity contribution in [2.24, 2.45) is 0 Å². The Morgan fingerprint density at radius 2 is 1.81 bits per heavy atom. The molecule has 1 atom stereocenters. The molecule has 1 unspecified atom stereocenters. The Kier molecular flexibility index (Phi) is 7.68. The van der Waals surface area contributed by atoms with Crippen LogP contribution in [0.15, 0.2) is 0 Å². The molecule has 0 bridgehead atoms. The van der Waals surface area contributed by atoms with Crippen molar-refractivity contribution in [3.63, 3.8) is 0 Å². The van der Waals surface area contributed by atoms with Crippen LogP contribution in [0.1, 0.15) is 34.6 Å². The van der Waals surface area contributed by atoms with Gasteiger partial charge in [0, 0.05) is 12.1 Å². The molecule has 16 heavy (non-hydrogen) atoms. The van der Waals surface area contributed by atoms with E-state index in [0.29, 0.717) is 11.7 Å². The van der Waals surface area contributed by atoms with E-state index in [1.54, 1.807) is 0 Å². The van der Waals surface area contributed by atoms with Gasteiger partial charge < -0.3 is 14.9 Å². The molecular weight excluding hydrogens is 261 g/mol. The van der Waals surface area contributed by atoms with Gasteiger partial charge in [0.25, 0.3) is 0 Å². The summed E-state index contributed by atoms with van der Waals surface area (Å²) in [5.41, 5.74) is 0. The number of nitrogens with one attached hydrogen (secondary N) is 3. The van der Waals surface area contributed by atoms with E-state index in [2.05, 4.69) is 15.5 Å². The van der Waals surface area contributed by atoms with E-state index >= 15 is 0 Å². The van der Waals surface area contributed by atoms with Crippen LogP contribution >= 0.6 is 18.8 Å². The Bertz CT molecular complexity index is 271. The molecule has 96 valence electrons. The second-order valence-corrected chi connectivity index (χ2v) is 7.79. The fourth-order valence-corrected chi connectivity index (χ4v) is 4.65. The third-order valence-corrected chi connectivity index (χ3v) is 4.68. The van der Waals surface area contributed by atoms with E-state index in [-0.39, 0.29) is 12.1 Å². The molecule has 0 saturated carbocycles. The molecule has 0 saturated heterocycles. The van der Waals surface area contributed by atoms with Gasteiger partial charge in [-0.05, 0) is 58.6 Å². The van der Waals surface area contributed by atoms with Crippen LogP contribution in [0.3, 0.4) is 0 Å². The highest BCUT2D eigenvalue weighted by Gasteiger charge is 2.19. The Labute approximate surface area is 109 Å². The third-order valence-electron chi connectivity index (χ3n) is 1.41. The fraction of sp³-hybridized carbons (Fsp3) is 0.889. The number of hydrogen-bond acceptors (Lipinski definition) is 3. The molecule has 4 nitrogen and oxygen atoms in total. The molecule has 0 amide bonds. The maximum atomic E-state index is 5.57. The summed E-state index contributed by atoms with van der Waals surface area (Å²) < 4.78 is 5.57. The van der Waals surface area contributed by atoms with Gasteiger partial charge in [0.1, 0.15) is 0 Å². The zero-order valence-electron chi connectivity index (χ0n) is 10.5. The first kappa shape index (κ1) is 16.3. The SMILES string of the molecule is CCOP(=S)(NC(=S)NC(C)C)NC(C)C. The summed E-state index contributed by atoms with van der Waals surface area (Å²) in [6.45, 7) is 8.33. The van der Waals surface area contributed by atoms with Crippen molar-refractivity contribution < 1.29 is 4.52 Å². The molecule has 0 aromatic carbocycles. The highest BCUT2D eigenvalue weighted by molar-refractivity contribution is 8.10. The van der Waals surface area contributed by atoms with Crippen molar-refractivity contribution in [2.45, 2.75) is 46.7 Å². The van der Waals surface area contributed by atoms with Crippen molar-refractivity contribution in [1.82, 2.24) is 15.5 Å². The Hall–Kier alpha value is 0.260. The molecule has 0 spiro atoms. The van der Waals surface area contributed by atoms with Gasteiger partial charge in [-0.1, -0.05) is 0 Å². The van der Waals surface area contributed by atoms with Gasteiger partial charge in [0.05, 0.1) is 6.61 Å². The standard InChI is InChI=1S/C9H22N3OPS2/c1-6-13-14(16,11-8(4)5)12-9(15)10-7(2)3/h7-8H,6H2,1-5H3,(H3,10,11,12,15,16). The predicted octanol–water partition coefficient (Wildman–Crippen LogP) is 2.12. The summed E-state index contributed by atoms with van der Waals surface area (Å²) in [6.07, 6.45) is 0. The van der Waals surface area contributed by atoms with E-state index < -0.39 is 6.57 Å². The lowest BCUT2D eigenvalue weighted by Gasteiger charge is -2.27. The van der Waals surface area contributed by atoms with Crippen molar-refractivity contribution >= 4 is 35.7 Å². The summed E-state index contributed by atoms with van der Waals surface area (Å²) in [4.78, 5) is 0. The largest absolute Gasteiger partial charge is 0.360 e. The number of thiocarbonyl (C=S) groups is 1. The van der Waals surface area contributed by atoms with E-state index in [0.717, 1.165) is 0 Å². The summed E-state index contributed by atoms with van der Waals surface area (Å²) in [7, 11) is 0. The molecular formula is C9H22N3OPS2. The molecule has 0 aromatic rings. The quantitative estimate of drug-likeness (QED) is 0.513. The minimum atomic E-state index is -2.26. The summed E-state index contributed by atoms with van der Waals surface area (Å²) in [6, 6.07) is 0.538. The first-order chi connectivity index (χ1) is 7.29. The Balaban J connectivity index is 4.43. The molecule has 0 heterocycles. The maximum Gasteiger partial charge on any atom is 0.225 e. The van der Waals surface area contributed by atoms with Gasteiger partial charge in [-0.3, -0.25) is 0 Å². The zero-order chi connectivity index (χ0) is 12.8. The minimum absolute atomic E-state index is 0.256. The zero-order valence-corrected chi connectivity index (χ0v) is 13.1. The van der Waals surface area contributed by atoms with E-state index in [1.165, 1.54) is 0 Å². The average molecular weight is 283 g/mol. The lowest BCUT2D eigenvalue weighted by atomic mass is 10.4.